The molecule has 1 amide bonds. The van der Waals surface area contributed by atoms with Gasteiger partial charge in [0.25, 0.3) is 0 Å². The maximum Gasteiger partial charge on any atom is 0.412 e. The molecule has 0 radical (unpaired) electrons. The van der Waals surface area contributed by atoms with Gasteiger partial charge in [0.05, 0.1) is 6.61 Å². The Labute approximate surface area is 158 Å². The first-order valence-corrected chi connectivity index (χ1v) is 8.91. The van der Waals surface area contributed by atoms with Crippen LogP contribution in [0.4, 0.5) is 9.18 Å². The lowest BCUT2D eigenvalue weighted by Crippen LogP contribution is -2.44. The van der Waals surface area contributed by atoms with Gasteiger partial charge in [0.15, 0.2) is 17.8 Å². The van der Waals surface area contributed by atoms with Gasteiger partial charge in [-0.05, 0) is 38.8 Å². The van der Waals surface area contributed by atoms with E-state index in [2.05, 4.69) is 0 Å². The number of carbonyl (C=O) groups is 1. The van der Waals surface area contributed by atoms with E-state index in [-0.39, 0.29) is 19.6 Å². The molecule has 144 valence electrons. The van der Waals surface area contributed by atoms with Crippen LogP contribution in [0.3, 0.4) is 0 Å². The van der Waals surface area contributed by atoms with E-state index in [1.54, 1.807) is 26.8 Å². The zero-order valence-corrected chi connectivity index (χ0v) is 15.7. The van der Waals surface area contributed by atoms with Gasteiger partial charge in [-0.2, -0.15) is 0 Å². The van der Waals surface area contributed by atoms with E-state index in [0.717, 1.165) is 5.56 Å². The second kappa shape index (κ2) is 7.56. The van der Waals surface area contributed by atoms with Gasteiger partial charge in [-0.25, -0.2) is 9.18 Å². The van der Waals surface area contributed by atoms with Crippen LogP contribution in [0.5, 0.6) is 5.75 Å². The summed E-state index contributed by atoms with van der Waals surface area (Å²) in [6.45, 7) is 5.87. The first-order chi connectivity index (χ1) is 12.8. The molecule has 3 rings (SSSR count). The molecular formula is C21H24FNO4. The second-order valence-corrected chi connectivity index (χ2v) is 7.54. The van der Waals surface area contributed by atoms with Crippen molar-refractivity contribution < 1.29 is 23.8 Å². The van der Waals surface area contributed by atoms with Crippen molar-refractivity contribution in [3.63, 3.8) is 0 Å². The smallest absolute Gasteiger partial charge is 0.412 e. The number of fused-ring (bicyclic) bond motifs is 1. The third-order valence-electron chi connectivity index (χ3n) is 4.29. The Balaban J connectivity index is 1.90. The topological polar surface area (TPSA) is 59.0 Å². The molecule has 0 bridgehead atoms. The molecule has 0 aromatic heterocycles. The van der Waals surface area contributed by atoms with E-state index in [1.807, 2.05) is 30.3 Å². The molecule has 1 atom stereocenters. The van der Waals surface area contributed by atoms with Crippen molar-refractivity contribution in [2.24, 2.45) is 0 Å². The number of amides is 1. The second-order valence-electron chi connectivity index (χ2n) is 7.54. The highest BCUT2D eigenvalue weighted by molar-refractivity contribution is 5.69. The Kier molecular flexibility index (Phi) is 5.37. The number of hydrogen-bond acceptors (Lipinski definition) is 4. The van der Waals surface area contributed by atoms with Crippen LogP contribution in [-0.2, 0) is 22.5 Å². The quantitative estimate of drug-likeness (QED) is 0.858. The Morgan fingerprint density at radius 3 is 2.59 bits per heavy atom. The molecule has 2 aromatic carbocycles. The number of phenols is 1. The van der Waals surface area contributed by atoms with Crippen molar-refractivity contribution >= 4 is 6.09 Å². The van der Waals surface area contributed by atoms with E-state index in [9.17, 15) is 14.3 Å². The summed E-state index contributed by atoms with van der Waals surface area (Å²) in [5.41, 5.74) is 1.18. The molecule has 1 N–H and O–H groups in total. The Morgan fingerprint density at radius 1 is 1.22 bits per heavy atom. The zero-order valence-electron chi connectivity index (χ0n) is 15.7. The van der Waals surface area contributed by atoms with Gasteiger partial charge in [-0.3, -0.25) is 4.90 Å². The minimum absolute atomic E-state index is 0.238. The van der Waals surface area contributed by atoms with Crippen LogP contribution >= 0.6 is 0 Å². The van der Waals surface area contributed by atoms with Crippen molar-refractivity contribution in [3.8, 4) is 5.75 Å². The first-order valence-electron chi connectivity index (χ1n) is 8.91. The molecule has 0 spiro atoms. The Morgan fingerprint density at radius 2 is 1.93 bits per heavy atom. The first kappa shape index (κ1) is 19.2. The third-order valence-corrected chi connectivity index (χ3v) is 4.29. The molecule has 5 nitrogen and oxygen atoms in total. The van der Waals surface area contributed by atoms with Gasteiger partial charge >= 0.3 is 6.09 Å². The summed E-state index contributed by atoms with van der Waals surface area (Å²) in [6.07, 6.45) is -1.03. The highest BCUT2D eigenvalue weighted by Crippen LogP contribution is 2.36. The normalized spacial score (nSPS) is 16.7. The number of rotatable bonds is 3. The minimum atomic E-state index is -0.793. The molecule has 0 aliphatic carbocycles. The number of halogens is 1. The van der Waals surface area contributed by atoms with Crippen LogP contribution < -0.4 is 0 Å². The summed E-state index contributed by atoms with van der Waals surface area (Å²) in [4.78, 5) is 14.1. The lowest BCUT2D eigenvalue weighted by Gasteiger charge is -2.37. The van der Waals surface area contributed by atoms with Crippen LogP contribution in [0.1, 0.15) is 43.7 Å². The van der Waals surface area contributed by atoms with E-state index < -0.39 is 29.5 Å². The monoisotopic (exact) mass is 373 g/mol. The number of aromatic hydroxyl groups is 1. The molecule has 1 aliphatic rings. The minimum Gasteiger partial charge on any atom is -0.505 e. The van der Waals surface area contributed by atoms with Gasteiger partial charge in [0, 0.05) is 17.7 Å². The highest BCUT2D eigenvalue weighted by atomic mass is 19.1. The Hall–Kier alpha value is -2.60. The molecule has 0 fully saturated rings. The molecule has 0 saturated carbocycles. The van der Waals surface area contributed by atoms with Gasteiger partial charge in [0.2, 0.25) is 0 Å². The SMILES string of the molecule is CC(C)(C)OC(=O)N1CCc2c(ccc(O)c2F)C1OCc1ccccc1. The Bertz CT molecular complexity index is 817. The number of phenolic OH excluding ortho intramolecular Hbond substituents is 1. The molecule has 6 heteroatoms. The van der Waals surface area contributed by atoms with Crippen molar-refractivity contribution in [1.29, 1.82) is 0 Å². The molecule has 27 heavy (non-hydrogen) atoms. The number of nitrogens with zero attached hydrogens (tertiary/aromatic N) is 1. The lowest BCUT2D eigenvalue weighted by molar-refractivity contribution is -0.0820. The van der Waals surface area contributed by atoms with Gasteiger partial charge in [-0.15, -0.1) is 0 Å². The predicted octanol–water partition coefficient (Wildman–Crippen LogP) is 4.54. The summed E-state index contributed by atoms with van der Waals surface area (Å²) in [5.74, 6) is -1.06. The standard InChI is InChI=1S/C21H24FNO4/c1-21(2,3)27-20(25)23-12-11-15-16(9-10-17(24)18(15)22)19(23)26-13-14-7-5-4-6-8-14/h4-10,19,24H,11-13H2,1-3H3. The van der Waals surface area contributed by atoms with Crippen LogP contribution in [0.25, 0.3) is 0 Å². The maximum absolute atomic E-state index is 14.4. The molecule has 2 aromatic rings. The molecule has 1 heterocycles. The summed E-state index contributed by atoms with van der Waals surface area (Å²) >= 11 is 0. The van der Waals surface area contributed by atoms with Crippen molar-refractivity contribution in [2.75, 3.05) is 6.54 Å². The fourth-order valence-corrected chi connectivity index (χ4v) is 3.06. The lowest BCUT2D eigenvalue weighted by atomic mass is 9.97. The maximum atomic E-state index is 14.4. The predicted molar refractivity (Wildman–Crippen MR) is 98.7 cm³/mol. The summed E-state index contributed by atoms with van der Waals surface area (Å²) in [6, 6.07) is 12.4. The summed E-state index contributed by atoms with van der Waals surface area (Å²) in [7, 11) is 0. The molecule has 0 saturated heterocycles. The van der Waals surface area contributed by atoms with Gasteiger partial charge in [-0.1, -0.05) is 36.4 Å². The van der Waals surface area contributed by atoms with E-state index in [1.165, 1.54) is 11.0 Å². The molecule has 1 unspecified atom stereocenters. The van der Waals surface area contributed by atoms with Crippen LogP contribution in [0, 0.1) is 5.82 Å². The van der Waals surface area contributed by atoms with E-state index >= 15 is 0 Å². The van der Waals surface area contributed by atoms with Crippen LogP contribution in [0.15, 0.2) is 42.5 Å². The average Bonchev–Trinajstić information content (AvgIpc) is 2.62. The number of benzene rings is 2. The molecular weight excluding hydrogens is 349 g/mol. The zero-order chi connectivity index (χ0) is 19.6. The van der Waals surface area contributed by atoms with Gasteiger partial charge in [0.1, 0.15) is 5.60 Å². The largest absolute Gasteiger partial charge is 0.505 e. The van der Waals surface area contributed by atoms with Crippen molar-refractivity contribution in [2.45, 2.75) is 45.6 Å². The average molecular weight is 373 g/mol. The van der Waals surface area contributed by atoms with E-state index in [4.69, 9.17) is 9.47 Å². The summed E-state index contributed by atoms with van der Waals surface area (Å²) in [5, 5.41) is 9.68. The number of carbonyl (C=O) groups excluding carboxylic acids is 1. The van der Waals surface area contributed by atoms with Crippen molar-refractivity contribution in [3.05, 3.63) is 65.0 Å². The van der Waals surface area contributed by atoms with Crippen molar-refractivity contribution in [1.82, 2.24) is 4.90 Å². The van der Waals surface area contributed by atoms with Crippen LogP contribution in [0.2, 0.25) is 0 Å². The molecule has 1 aliphatic heterocycles. The highest BCUT2D eigenvalue weighted by Gasteiger charge is 2.36. The number of hydrogen-bond donors (Lipinski definition) is 1. The van der Waals surface area contributed by atoms with Crippen LogP contribution in [-0.4, -0.2) is 28.2 Å². The fourth-order valence-electron chi connectivity index (χ4n) is 3.06. The fraction of sp³-hybridized carbons (Fsp3) is 0.381. The van der Waals surface area contributed by atoms with Gasteiger partial charge < -0.3 is 14.6 Å². The number of ether oxygens (including phenoxy) is 2. The summed E-state index contributed by atoms with van der Waals surface area (Å²) < 4.78 is 25.9. The third kappa shape index (κ3) is 4.39. The van der Waals surface area contributed by atoms with E-state index in [0.29, 0.717) is 11.1 Å².